The van der Waals surface area contributed by atoms with E-state index in [1.807, 2.05) is 0 Å². The van der Waals surface area contributed by atoms with Crippen LogP contribution in [-0.2, 0) is 0 Å². The van der Waals surface area contributed by atoms with Crippen LogP contribution in [0.25, 0.3) is 0 Å². The lowest BCUT2D eigenvalue weighted by Gasteiger charge is -2.21. The number of hydrogen-bond donors (Lipinski definition) is 0. The molecule has 1 nitrogen and oxygen atoms in total. The van der Waals surface area contributed by atoms with Crippen LogP contribution < -0.4 is 0 Å². The number of hydrogen-bond acceptors (Lipinski definition) is 1. The van der Waals surface area contributed by atoms with Gasteiger partial charge < -0.3 is 4.90 Å². The Bertz CT molecular complexity index is 96.9. The molecule has 0 bridgehead atoms. The molecular weight excluding hydrogens is 122 g/mol. The van der Waals surface area contributed by atoms with Crippen molar-refractivity contribution in [2.45, 2.75) is 33.2 Å². The van der Waals surface area contributed by atoms with Gasteiger partial charge in [0.15, 0.2) is 0 Å². The first-order chi connectivity index (χ1) is 4.72. The second-order valence-electron chi connectivity index (χ2n) is 2.77. The highest BCUT2D eigenvalue weighted by Gasteiger charge is 2.02. The van der Waals surface area contributed by atoms with Gasteiger partial charge in [-0.2, -0.15) is 0 Å². The monoisotopic (exact) mass is 141 g/mol. The largest absolute Gasteiger partial charge is 0.300 e. The number of nitrogens with zero attached hydrogens (tertiary/aromatic N) is 1. The molecule has 0 saturated carbocycles. The molecule has 0 N–H and O–H groups in total. The van der Waals surface area contributed by atoms with Gasteiger partial charge in [-0.1, -0.05) is 19.1 Å². The molecule has 0 aromatic rings. The van der Waals surface area contributed by atoms with Crippen LogP contribution >= 0.6 is 0 Å². The molecule has 10 heavy (non-hydrogen) atoms. The van der Waals surface area contributed by atoms with E-state index in [4.69, 9.17) is 0 Å². The van der Waals surface area contributed by atoms with Gasteiger partial charge in [0.25, 0.3) is 0 Å². The van der Waals surface area contributed by atoms with Crippen molar-refractivity contribution >= 4 is 0 Å². The van der Waals surface area contributed by atoms with Crippen molar-refractivity contribution in [2.75, 3.05) is 13.6 Å². The van der Waals surface area contributed by atoms with Crippen LogP contribution in [0, 0.1) is 0 Å². The first-order valence-corrected chi connectivity index (χ1v) is 4.03. The third-order valence-corrected chi connectivity index (χ3v) is 1.97. The van der Waals surface area contributed by atoms with Crippen molar-refractivity contribution in [3.05, 3.63) is 12.2 Å². The molecule has 0 aliphatic heterocycles. The molecule has 0 aliphatic rings. The summed E-state index contributed by atoms with van der Waals surface area (Å²) < 4.78 is 0. The van der Waals surface area contributed by atoms with E-state index in [1.165, 1.54) is 6.42 Å². The first-order valence-electron chi connectivity index (χ1n) is 4.03. The van der Waals surface area contributed by atoms with Crippen LogP contribution in [0.15, 0.2) is 12.2 Å². The maximum atomic E-state index is 2.35. The minimum Gasteiger partial charge on any atom is -0.300 e. The summed E-state index contributed by atoms with van der Waals surface area (Å²) in [5.41, 5.74) is 0. The molecule has 0 fully saturated rings. The van der Waals surface area contributed by atoms with E-state index in [0.717, 1.165) is 6.54 Å². The van der Waals surface area contributed by atoms with Crippen molar-refractivity contribution in [3.63, 3.8) is 0 Å². The van der Waals surface area contributed by atoms with Crippen molar-refractivity contribution in [1.82, 2.24) is 4.90 Å². The fraction of sp³-hybridized carbons (Fsp3) is 0.778. The van der Waals surface area contributed by atoms with Gasteiger partial charge in [0.05, 0.1) is 0 Å². The summed E-state index contributed by atoms with van der Waals surface area (Å²) in [6, 6.07) is 0.705. The van der Waals surface area contributed by atoms with E-state index in [1.54, 1.807) is 0 Å². The maximum Gasteiger partial charge on any atom is 0.0162 e. The van der Waals surface area contributed by atoms with Crippen molar-refractivity contribution in [2.24, 2.45) is 0 Å². The van der Waals surface area contributed by atoms with E-state index < -0.39 is 0 Å². The Balaban J connectivity index is 3.50. The van der Waals surface area contributed by atoms with E-state index in [2.05, 4.69) is 44.9 Å². The van der Waals surface area contributed by atoms with Gasteiger partial charge in [0.2, 0.25) is 0 Å². The molecule has 0 heterocycles. The summed E-state index contributed by atoms with van der Waals surface area (Å²) in [7, 11) is 2.16. The summed E-state index contributed by atoms with van der Waals surface area (Å²) in [5, 5.41) is 0. The molecule has 0 amide bonds. The minimum absolute atomic E-state index is 0.705. The number of rotatable bonds is 4. The molecule has 0 aromatic heterocycles. The third-order valence-electron chi connectivity index (χ3n) is 1.97. The molecule has 1 heteroatoms. The predicted molar refractivity (Wildman–Crippen MR) is 47.2 cm³/mol. The molecule has 60 valence electrons. The Morgan fingerprint density at radius 3 is 2.50 bits per heavy atom. The quantitative estimate of drug-likeness (QED) is 0.543. The molecule has 0 radical (unpaired) electrons. The lowest BCUT2D eigenvalue weighted by Crippen LogP contribution is -2.28. The smallest absolute Gasteiger partial charge is 0.0162 e. The summed E-state index contributed by atoms with van der Waals surface area (Å²) >= 11 is 0. The molecule has 0 aromatic carbocycles. The fourth-order valence-corrected chi connectivity index (χ4v) is 0.763. The Kier molecular flexibility index (Phi) is 5.32. The predicted octanol–water partition coefficient (Wildman–Crippen LogP) is 2.29. The normalized spacial score (nSPS) is 14.9. The lowest BCUT2D eigenvalue weighted by atomic mass is 10.2. The number of likely N-dealkylation sites (N-methyl/N-ethyl adjacent to an activating group) is 1. The van der Waals surface area contributed by atoms with Crippen molar-refractivity contribution < 1.29 is 0 Å². The van der Waals surface area contributed by atoms with E-state index in [-0.39, 0.29) is 0 Å². The zero-order chi connectivity index (χ0) is 7.98. The average molecular weight is 141 g/mol. The molecule has 1 unspecified atom stereocenters. The average Bonchev–Trinajstić information content (AvgIpc) is 1.98. The van der Waals surface area contributed by atoms with Gasteiger partial charge in [-0.3, -0.25) is 0 Å². The van der Waals surface area contributed by atoms with Gasteiger partial charge in [-0.15, -0.1) is 0 Å². The first kappa shape index (κ1) is 9.70. The van der Waals surface area contributed by atoms with Gasteiger partial charge in [-0.25, -0.2) is 0 Å². The highest BCUT2D eigenvalue weighted by atomic mass is 15.1. The molecule has 1 atom stereocenters. The second kappa shape index (κ2) is 5.48. The Hall–Kier alpha value is -0.300. The standard InChI is InChI=1S/C9H19N/c1-5-7-8-10(4)9(3)6-2/h5,7,9H,6,8H2,1-4H3/b7-5-. The molecular formula is C9H19N. The molecule has 0 saturated heterocycles. The maximum absolute atomic E-state index is 2.35. The summed E-state index contributed by atoms with van der Waals surface area (Å²) in [6.07, 6.45) is 5.51. The summed E-state index contributed by atoms with van der Waals surface area (Å²) in [5.74, 6) is 0. The van der Waals surface area contributed by atoms with Crippen molar-refractivity contribution in [3.8, 4) is 0 Å². The van der Waals surface area contributed by atoms with E-state index >= 15 is 0 Å². The van der Waals surface area contributed by atoms with E-state index in [9.17, 15) is 0 Å². The van der Waals surface area contributed by atoms with Crippen LogP contribution in [0.2, 0.25) is 0 Å². The zero-order valence-electron chi connectivity index (χ0n) is 7.59. The van der Waals surface area contributed by atoms with Crippen LogP contribution in [0.5, 0.6) is 0 Å². The molecule has 0 rings (SSSR count). The van der Waals surface area contributed by atoms with Gasteiger partial charge >= 0.3 is 0 Å². The highest BCUT2D eigenvalue weighted by Crippen LogP contribution is 1.98. The summed E-state index contributed by atoms with van der Waals surface area (Å²) in [4.78, 5) is 2.35. The Morgan fingerprint density at radius 1 is 1.50 bits per heavy atom. The molecule has 0 aliphatic carbocycles. The van der Waals surface area contributed by atoms with Crippen LogP contribution in [0.1, 0.15) is 27.2 Å². The van der Waals surface area contributed by atoms with Gasteiger partial charge in [0, 0.05) is 12.6 Å². The third kappa shape index (κ3) is 3.67. The second-order valence-corrected chi connectivity index (χ2v) is 2.77. The van der Waals surface area contributed by atoms with Crippen LogP contribution in [0.3, 0.4) is 0 Å². The summed E-state index contributed by atoms with van der Waals surface area (Å²) in [6.45, 7) is 7.61. The Morgan fingerprint density at radius 2 is 2.10 bits per heavy atom. The number of allylic oxidation sites excluding steroid dienone is 1. The van der Waals surface area contributed by atoms with Crippen LogP contribution in [0.4, 0.5) is 0 Å². The van der Waals surface area contributed by atoms with Crippen molar-refractivity contribution in [1.29, 1.82) is 0 Å². The molecule has 0 spiro atoms. The lowest BCUT2D eigenvalue weighted by molar-refractivity contribution is 0.278. The van der Waals surface area contributed by atoms with Gasteiger partial charge in [-0.05, 0) is 27.3 Å². The Labute approximate surface area is 64.7 Å². The SMILES string of the molecule is C/C=C\CN(C)C(C)CC. The highest BCUT2D eigenvalue weighted by molar-refractivity contribution is 4.81. The fourth-order valence-electron chi connectivity index (χ4n) is 0.763. The minimum atomic E-state index is 0.705. The van der Waals surface area contributed by atoms with Gasteiger partial charge in [0.1, 0.15) is 0 Å². The van der Waals surface area contributed by atoms with E-state index in [0.29, 0.717) is 6.04 Å². The topological polar surface area (TPSA) is 3.24 Å². The zero-order valence-corrected chi connectivity index (χ0v) is 7.59. The van der Waals surface area contributed by atoms with Crippen LogP contribution in [-0.4, -0.2) is 24.5 Å².